The maximum atomic E-state index is 9.34. The van der Waals surface area contributed by atoms with E-state index >= 15 is 0 Å². The number of aliphatic hydroxyl groups is 1. The van der Waals surface area contributed by atoms with Gasteiger partial charge in [-0.05, 0) is 53.0 Å². The van der Waals surface area contributed by atoms with Crippen LogP contribution in [0.1, 0.15) is 32.1 Å². The van der Waals surface area contributed by atoms with E-state index in [0.29, 0.717) is 12.6 Å². The van der Waals surface area contributed by atoms with Crippen LogP contribution in [0.25, 0.3) is 0 Å². The molecule has 0 bridgehead atoms. The zero-order valence-corrected chi connectivity index (χ0v) is 10.3. The van der Waals surface area contributed by atoms with E-state index in [1.165, 1.54) is 38.6 Å². The summed E-state index contributed by atoms with van der Waals surface area (Å²) in [5, 5.41) is 9.34. The SMILES string of the molecule is CN(C)CCCN1CCCCCC1CO. The summed E-state index contributed by atoms with van der Waals surface area (Å²) in [6, 6.07) is 0.426. The molecule has 1 aliphatic rings. The van der Waals surface area contributed by atoms with Gasteiger partial charge in [0.15, 0.2) is 0 Å². The van der Waals surface area contributed by atoms with Gasteiger partial charge in [-0.1, -0.05) is 12.8 Å². The Hall–Kier alpha value is -0.120. The average molecular weight is 214 g/mol. The first kappa shape index (κ1) is 12.9. The molecule has 1 aliphatic heterocycles. The highest BCUT2D eigenvalue weighted by Gasteiger charge is 2.19. The lowest BCUT2D eigenvalue weighted by Gasteiger charge is -2.28. The lowest BCUT2D eigenvalue weighted by Crippen LogP contribution is -2.38. The zero-order valence-electron chi connectivity index (χ0n) is 10.3. The first-order chi connectivity index (χ1) is 7.24. The lowest BCUT2D eigenvalue weighted by molar-refractivity contribution is 0.121. The Balaban J connectivity index is 2.28. The highest BCUT2D eigenvalue weighted by atomic mass is 16.3. The molecule has 1 atom stereocenters. The van der Waals surface area contributed by atoms with Gasteiger partial charge in [0.1, 0.15) is 0 Å². The van der Waals surface area contributed by atoms with Gasteiger partial charge in [0.2, 0.25) is 0 Å². The Kier molecular flexibility index (Phi) is 6.22. The third kappa shape index (κ3) is 4.96. The van der Waals surface area contributed by atoms with E-state index in [9.17, 15) is 5.11 Å². The van der Waals surface area contributed by atoms with Crippen molar-refractivity contribution in [3.05, 3.63) is 0 Å². The van der Waals surface area contributed by atoms with Crippen molar-refractivity contribution in [2.75, 3.05) is 40.3 Å². The predicted octanol–water partition coefficient (Wildman–Crippen LogP) is 1.17. The van der Waals surface area contributed by atoms with Gasteiger partial charge < -0.3 is 10.0 Å². The predicted molar refractivity (Wildman–Crippen MR) is 64.1 cm³/mol. The third-order valence-electron chi connectivity index (χ3n) is 3.26. The number of hydrogen-bond donors (Lipinski definition) is 1. The third-order valence-corrected chi connectivity index (χ3v) is 3.26. The molecule has 1 heterocycles. The van der Waals surface area contributed by atoms with E-state index in [1.807, 2.05) is 0 Å². The minimum atomic E-state index is 0.335. The average Bonchev–Trinajstić information content (AvgIpc) is 2.42. The number of aliphatic hydroxyl groups excluding tert-OH is 1. The van der Waals surface area contributed by atoms with E-state index < -0.39 is 0 Å². The normalized spacial score (nSPS) is 24.4. The lowest BCUT2D eigenvalue weighted by atomic mass is 10.1. The molecule has 0 radical (unpaired) electrons. The van der Waals surface area contributed by atoms with Crippen LogP contribution in [0.2, 0.25) is 0 Å². The summed E-state index contributed by atoms with van der Waals surface area (Å²) in [6.45, 7) is 3.80. The summed E-state index contributed by atoms with van der Waals surface area (Å²) in [4.78, 5) is 4.71. The van der Waals surface area contributed by atoms with Crippen molar-refractivity contribution < 1.29 is 5.11 Å². The molecule has 1 unspecified atom stereocenters. The fourth-order valence-electron chi connectivity index (χ4n) is 2.33. The summed E-state index contributed by atoms with van der Waals surface area (Å²) < 4.78 is 0. The van der Waals surface area contributed by atoms with Crippen LogP contribution >= 0.6 is 0 Å². The van der Waals surface area contributed by atoms with Crippen LogP contribution in [0.4, 0.5) is 0 Å². The number of likely N-dealkylation sites (tertiary alicyclic amines) is 1. The molecular weight excluding hydrogens is 188 g/mol. The van der Waals surface area contributed by atoms with Gasteiger partial charge in [-0.3, -0.25) is 4.90 Å². The molecule has 1 saturated heterocycles. The van der Waals surface area contributed by atoms with Crippen molar-refractivity contribution in [2.45, 2.75) is 38.1 Å². The Morgan fingerprint density at radius 1 is 1.27 bits per heavy atom. The van der Waals surface area contributed by atoms with E-state index in [4.69, 9.17) is 0 Å². The maximum Gasteiger partial charge on any atom is 0.0586 e. The molecule has 0 aliphatic carbocycles. The molecule has 0 aromatic carbocycles. The van der Waals surface area contributed by atoms with Crippen LogP contribution in [0.15, 0.2) is 0 Å². The summed E-state index contributed by atoms with van der Waals surface area (Å²) in [5.41, 5.74) is 0. The molecule has 3 heteroatoms. The molecule has 90 valence electrons. The molecule has 1 N–H and O–H groups in total. The largest absolute Gasteiger partial charge is 0.395 e. The van der Waals surface area contributed by atoms with E-state index in [2.05, 4.69) is 23.9 Å². The quantitative estimate of drug-likeness (QED) is 0.744. The van der Waals surface area contributed by atoms with Crippen molar-refractivity contribution in [2.24, 2.45) is 0 Å². The number of nitrogens with zero attached hydrogens (tertiary/aromatic N) is 2. The van der Waals surface area contributed by atoms with Gasteiger partial charge in [0.25, 0.3) is 0 Å². The molecule has 0 saturated carbocycles. The summed E-state index contributed by atoms with van der Waals surface area (Å²) >= 11 is 0. The van der Waals surface area contributed by atoms with E-state index in [-0.39, 0.29) is 0 Å². The molecule has 0 spiro atoms. The Bertz CT molecular complexity index is 162. The minimum absolute atomic E-state index is 0.335. The molecule has 0 aromatic rings. The van der Waals surface area contributed by atoms with Gasteiger partial charge in [-0.2, -0.15) is 0 Å². The van der Waals surface area contributed by atoms with E-state index in [1.54, 1.807) is 0 Å². The monoisotopic (exact) mass is 214 g/mol. The van der Waals surface area contributed by atoms with Crippen LogP contribution < -0.4 is 0 Å². The standard InChI is InChI=1S/C12H26N2O/c1-13(2)8-6-10-14-9-5-3-4-7-12(14)11-15/h12,15H,3-11H2,1-2H3. The smallest absolute Gasteiger partial charge is 0.0586 e. The molecule has 15 heavy (non-hydrogen) atoms. The van der Waals surface area contributed by atoms with Crippen LogP contribution in [0.5, 0.6) is 0 Å². The number of rotatable bonds is 5. The van der Waals surface area contributed by atoms with Crippen molar-refractivity contribution in [3.8, 4) is 0 Å². The van der Waals surface area contributed by atoms with Crippen molar-refractivity contribution in [3.63, 3.8) is 0 Å². The topological polar surface area (TPSA) is 26.7 Å². The second kappa shape index (κ2) is 7.20. The molecule has 1 fully saturated rings. The zero-order chi connectivity index (χ0) is 11.1. The number of hydrogen-bond acceptors (Lipinski definition) is 3. The Morgan fingerprint density at radius 2 is 2.07 bits per heavy atom. The second-order valence-electron chi connectivity index (χ2n) is 4.88. The highest BCUT2D eigenvalue weighted by Crippen LogP contribution is 2.16. The van der Waals surface area contributed by atoms with Crippen molar-refractivity contribution >= 4 is 0 Å². The van der Waals surface area contributed by atoms with Crippen molar-refractivity contribution in [1.29, 1.82) is 0 Å². The summed E-state index contributed by atoms with van der Waals surface area (Å²) in [5.74, 6) is 0. The van der Waals surface area contributed by atoms with Gasteiger partial charge in [-0.15, -0.1) is 0 Å². The molecule has 0 amide bonds. The highest BCUT2D eigenvalue weighted by molar-refractivity contribution is 4.74. The van der Waals surface area contributed by atoms with Gasteiger partial charge in [0.05, 0.1) is 6.61 Å². The fourth-order valence-corrected chi connectivity index (χ4v) is 2.33. The van der Waals surface area contributed by atoms with Crippen molar-refractivity contribution in [1.82, 2.24) is 9.80 Å². The minimum Gasteiger partial charge on any atom is -0.395 e. The summed E-state index contributed by atoms with van der Waals surface area (Å²) in [6.07, 6.45) is 6.32. The fraction of sp³-hybridized carbons (Fsp3) is 1.00. The van der Waals surface area contributed by atoms with Gasteiger partial charge in [0, 0.05) is 6.04 Å². The van der Waals surface area contributed by atoms with Crippen LogP contribution in [-0.4, -0.2) is 61.3 Å². The molecule has 1 rings (SSSR count). The summed E-state index contributed by atoms with van der Waals surface area (Å²) in [7, 11) is 4.23. The van der Waals surface area contributed by atoms with Gasteiger partial charge >= 0.3 is 0 Å². The molecule has 0 aromatic heterocycles. The second-order valence-corrected chi connectivity index (χ2v) is 4.88. The Morgan fingerprint density at radius 3 is 2.73 bits per heavy atom. The van der Waals surface area contributed by atoms with Crippen LogP contribution in [0, 0.1) is 0 Å². The Labute approximate surface area is 94.1 Å². The molecular formula is C12H26N2O. The maximum absolute atomic E-state index is 9.34. The first-order valence-electron chi connectivity index (χ1n) is 6.23. The molecule has 3 nitrogen and oxygen atoms in total. The van der Waals surface area contributed by atoms with E-state index in [0.717, 1.165) is 13.1 Å². The van der Waals surface area contributed by atoms with Gasteiger partial charge in [-0.25, -0.2) is 0 Å². The van der Waals surface area contributed by atoms with Crippen LogP contribution in [0.3, 0.4) is 0 Å². The first-order valence-corrected chi connectivity index (χ1v) is 6.23. The van der Waals surface area contributed by atoms with Crippen LogP contribution in [-0.2, 0) is 0 Å².